The second-order valence-corrected chi connectivity index (χ2v) is 5.23. The molecule has 0 radical (unpaired) electrons. The zero-order valence-electron chi connectivity index (χ0n) is 6.70. The fraction of sp³-hybridized carbons (Fsp3) is 0. The number of halogens is 1. The summed E-state index contributed by atoms with van der Waals surface area (Å²) in [6.45, 7) is 7.55. The molecule has 0 spiro atoms. The molecule has 2 heteroatoms. The van der Waals surface area contributed by atoms with Gasteiger partial charge in [-0.3, -0.25) is 0 Å². The van der Waals surface area contributed by atoms with E-state index in [2.05, 4.69) is 41.2 Å². The first kappa shape index (κ1) is 9.70. The Morgan fingerprint density at radius 3 is 2.00 bits per heavy atom. The lowest BCUT2D eigenvalue weighted by atomic mass is 10.4. The van der Waals surface area contributed by atoms with Gasteiger partial charge >= 0.3 is 0 Å². The van der Waals surface area contributed by atoms with Crippen molar-refractivity contribution in [3.8, 4) is 0 Å². The Bertz CT molecular complexity index is 268. The van der Waals surface area contributed by atoms with E-state index in [1.807, 2.05) is 23.8 Å². The van der Waals surface area contributed by atoms with Crippen LogP contribution >= 0.6 is 23.9 Å². The fourth-order valence-electron chi connectivity index (χ4n) is 0.899. The summed E-state index contributed by atoms with van der Waals surface area (Å²) in [7, 11) is -0.357. The summed E-state index contributed by atoms with van der Waals surface area (Å²) in [5.41, 5.74) is 0. The molecule has 12 heavy (non-hydrogen) atoms. The van der Waals surface area contributed by atoms with Crippen LogP contribution in [0, 0.1) is 0 Å². The van der Waals surface area contributed by atoms with Crippen LogP contribution in [0.3, 0.4) is 0 Å². The van der Waals surface area contributed by atoms with Crippen LogP contribution in [0.5, 0.6) is 0 Å². The van der Waals surface area contributed by atoms with E-state index in [1.54, 1.807) is 0 Å². The van der Waals surface area contributed by atoms with Crippen molar-refractivity contribution in [2.75, 3.05) is 0 Å². The lowest BCUT2D eigenvalue weighted by molar-refractivity contribution is 1.70. The molecule has 0 saturated carbocycles. The summed E-state index contributed by atoms with van der Waals surface area (Å²) in [5, 5.41) is 1.29. The average molecular weight is 241 g/mol. The van der Waals surface area contributed by atoms with Gasteiger partial charge in [-0.1, -0.05) is 52.9 Å². The van der Waals surface area contributed by atoms with E-state index in [-0.39, 0.29) is 7.92 Å². The van der Waals surface area contributed by atoms with Gasteiger partial charge in [-0.15, -0.1) is 0 Å². The summed E-state index contributed by atoms with van der Waals surface area (Å²) in [4.78, 5) is 0. The quantitative estimate of drug-likeness (QED) is 0.705. The van der Waals surface area contributed by atoms with Gasteiger partial charge in [-0.2, -0.15) is 0 Å². The van der Waals surface area contributed by atoms with Crippen LogP contribution in [0.25, 0.3) is 0 Å². The first-order chi connectivity index (χ1) is 5.77. The summed E-state index contributed by atoms with van der Waals surface area (Å²) in [6.07, 6.45) is 0. The van der Waals surface area contributed by atoms with Gasteiger partial charge in [0.2, 0.25) is 0 Å². The topological polar surface area (TPSA) is 0 Å². The van der Waals surface area contributed by atoms with E-state index in [1.165, 1.54) is 5.30 Å². The Hall–Kier alpha value is -0.390. The molecule has 1 rings (SSSR count). The van der Waals surface area contributed by atoms with Crippen molar-refractivity contribution >= 4 is 29.2 Å². The molecule has 0 atom stereocenters. The Balaban J connectivity index is 2.94. The maximum absolute atomic E-state index is 3.78. The maximum Gasteiger partial charge on any atom is 0.0175 e. The second-order valence-electron chi connectivity index (χ2n) is 2.25. The van der Waals surface area contributed by atoms with Crippen LogP contribution in [0.1, 0.15) is 0 Å². The molecule has 0 saturated heterocycles. The number of rotatable bonds is 3. The normalized spacial score (nSPS) is 9.83. The van der Waals surface area contributed by atoms with E-state index >= 15 is 0 Å². The van der Waals surface area contributed by atoms with Crippen LogP contribution in [-0.2, 0) is 0 Å². The Labute approximate surface area is 82.9 Å². The highest BCUT2D eigenvalue weighted by atomic mass is 79.9. The largest absolute Gasteiger partial charge is 0.0980 e. The van der Waals surface area contributed by atoms with Crippen LogP contribution < -0.4 is 5.30 Å². The molecule has 0 fully saturated rings. The molecule has 0 amide bonds. The summed E-state index contributed by atoms with van der Waals surface area (Å²) >= 11 is 3.39. The highest BCUT2D eigenvalue weighted by Crippen LogP contribution is 2.36. The molecule has 0 aliphatic rings. The smallest absolute Gasteiger partial charge is 0.0175 e. The monoisotopic (exact) mass is 240 g/mol. The van der Waals surface area contributed by atoms with Gasteiger partial charge in [0.25, 0.3) is 0 Å². The molecule has 0 aliphatic heterocycles. The maximum atomic E-state index is 3.78. The van der Waals surface area contributed by atoms with E-state index in [4.69, 9.17) is 0 Å². The lowest BCUT2D eigenvalue weighted by Crippen LogP contribution is -1.95. The van der Waals surface area contributed by atoms with E-state index in [9.17, 15) is 0 Å². The number of hydrogen-bond acceptors (Lipinski definition) is 0. The van der Waals surface area contributed by atoms with Crippen molar-refractivity contribution in [1.29, 1.82) is 0 Å². The van der Waals surface area contributed by atoms with E-state index in [0.29, 0.717) is 0 Å². The molecule has 0 nitrogen and oxygen atoms in total. The molecular formula is C10H10BrP. The molecule has 1 aromatic carbocycles. The predicted molar refractivity (Wildman–Crippen MR) is 61.1 cm³/mol. The first-order valence-electron chi connectivity index (χ1n) is 3.57. The summed E-state index contributed by atoms with van der Waals surface area (Å²) in [6, 6.07) is 8.27. The van der Waals surface area contributed by atoms with Gasteiger partial charge in [0, 0.05) is 4.47 Å². The molecule has 1 aromatic rings. The van der Waals surface area contributed by atoms with Crippen molar-refractivity contribution in [1.82, 2.24) is 0 Å². The van der Waals surface area contributed by atoms with Crippen LogP contribution in [0.2, 0.25) is 0 Å². The average Bonchev–Trinajstić information content (AvgIpc) is 2.10. The molecule has 62 valence electrons. The van der Waals surface area contributed by atoms with Crippen molar-refractivity contribution in [2.24, 2.45) is 0 Å². The third-order valence-corrected chi connectivity index (χ3v) is 3.73. The zero-order valence-corrected chi connectivity index (χ0v) is 9.18. The third kappa shape index (κ3) is 2.30. The van der Waals surface area contributed by atoms with Crippen molar-refractivity contribution < 1.29 is 0 Å². The standard InChI is InChI=1S/C10H10BrP/c1-3-12(4-2)10-7-5-9(11)6-8-10/h3-8H,1-2H2. The van der Waals surface area contributed by atoms with Gasteiger partial charge in [0.05, 0.1) is 0 Å². The molecule has 0 aromatic heterocycles. The van der Waals surface area contributed by atoms with Crippen LogP contribution in [-0.4, -0.2) is 0 Å². The third-order valence-electron chi connectivity index (χ3n) is 1.52. The number of benzene rings is 1. The molecule has 0 heterocycles. The minimum atomic E-state index is -0.357. The Morgan fingerprint density at radius 2 is 1.58 bits per heavy atom. The van der Waals surface area contributed by atoms with Gasteiger partial charge in [0.1, 0.15) is 0 Å². The van der Waals surface area contributed by atoms with E-state index < -0.39 is 0 Å². The summed E-state index contributed by atoms with van der Waals surface area (Å²) in [5.74, 6) is 3.90. The van der Waals surface area contributed by atoms with Crippen LogP contribution in [0.4, 0.5) is 0 Å². The van der Waals surface area contributed by atoms with Crippen LogP contribution in [0.15, 0.2) is 53.5 Å². The first-order valence-corrected chi connectivity index (χ1v) is 5.84. The lowest BCUT2D eigenvalue weighted by Gasteiger charge is -2.06. The van der Waals surface area contributed by atoms with Crippen molar-refractivity contribution in [3.05, 3.63) is 53.5 Å². The molecular weight excluding hydrogens is 231 g/mol. The van der Waals surface area contributed by atoms with E-state index in [0.717, 1.165) is 4.47 Å². The highest BCUT2D eigenvalue weighted by molar-refractivity contribution is 9.10. The Kier molecular flexibility index (Phi) is 3.71. The molecule has 0 aliphatic carbocycles. The minimum absolute atomic E-state index is 0.357. The second kappa shape index (κ2) is 4.59. The predicted octanol–water partition coefficient (Wildman–Crippen LogP) is 3.84. The van der Waals surface area contributed by atoms with Gasteiger partial charge in [-0.25, -0.2) is 0 Å². The number of hydrogen-bond donors (Lipinski definition) is 0. The molecule has 0 unspecified atom stereocenters. The van der Waals surface area contributed by atoms with Gasteiger partial charge in [0.15, 0.2) is 0 Å². The van der Waals surface area contributed by atoms with Gasteiger partial charge < -0.3 is 0 Å². The zero-order chi connectivity index (χ0) is 8.97. The van der Waals surface area contributed by atoms with Crippen molar-refractivity contribution in [2.45, 2.75) is 0 Å². The van der Waals surface area contributed by atoms with Crippen molar-refractivity contribution in [3.63, 3.8) is 0 Å². The molecule has 0 N–H and O–H groups in total. The highest BCUT2D eigenvalue weighted by Gasteiger charge is 2.00. The summed E-state index contributed by atoms with van der Waals surface area (Å²) < 4.78 is 1.11. The molecule has 0 bridgehead atoms. The fourth-order valence-corrected chi connectivity index (χ4v) is 2.23. The van der Waals surface area contributed by atoms with Gasteiger partial charge in [-0.05, 0) is 25.4 Å². The SMILES string of the molecule is C=CP(C=C)c1ccc(Br)cc1. The Morgan fingerprint density at radius 1 is 1.08 bits per heavy atom. The minimum Gasteiger partial charge on any atom is -0.0980 e.